The first-order chi connectivity index (χ1) is 11.9. The van der Waals surface area contributed by atoms with Gasteiger partial charge in [-0.25, -0.2) is 4.39 Å². The number of hydrogen-bond donors (Lipinski definition) is 2. The third-order valence-corrected chi connectivity index (χ3v) is 4.69. The molecule has 0 bridgehead atoms. The topological polar surface area (TPSA) is 103 Å². The number of ether oxygens (including phenoxy) is 1. The van der Waals surface area contributed by atoms with Crippen LogP contribution in [0.2, 0.25) is 0 Å². The van der Waals surface area contributed by atoms with Crippen molar-refractivity contribution in [1.82, 2.24) is 4.98 Å². The Balaban J connectivity index is 1.86. The normalized spacial score (nSPS) is 20.0. The van der Waals surface area contributed by atoms with Crippen LogP contribution in [-0.4, -0.2) is 28.9 Å². The summed E-state index contributed by atoms with van der Waals surface area (Å²) in [5.74, 6) is -0.135. The third-order valence-electron chi connectivity index (χ3n) is 3.89. The molecular weight excluding hydrogens is 347 g/mol. The molecule has 1 amide bonds. The molecule has 132 valence electrons. The number of anilines is 1. The number of oxazole rings is 1. The van der Waals surface area contributed by atoms with Crippen LogP contribution in [0.15, 0.2) is 33.9 Å². The smallest absolute Gasteiger partial charge is 0.393 e. The second-order valence-electron chi connectivity index (χ2n) is 5.67. The van der Waals surface area contributed by atoms with Crippen LogP contribution in [0.4, 0.5) is 10.1 Å². The molecule has 1 aromatic heterocycles. The van der Waals surface area contributed by atoms with Crippen LogP contribution in [-0.2, 0) is 5.54 Å². The summed E-state index contributed by atoms with van der Waals surface area (Å²) < 4.78 is 24.1. The minimum atomic E-state index is -0.767. The SMILES string of the molecule is COc1nc(C(=O)Nc2ccc(F)c([C@]3(C)CCSC(N)=N3)c2)co1. The highest BCUT2D eigenvalue weighted by Crippen LogP contribution is 2.37. The Bertz CT molecular complexity index is 839. The Morgan fingerprint density at radius 2 is 2.32 bits per heavy atom. The molecule has 2 aromatic rings. The number of carbonyl (C=O) groups excluding carboxylic acids is 1. The summed E-state index contributed by atoms with van der Waals surface area (Å²) in [6.07, 6.45) is 1.82. The first-order valence-corrected chi connectivity index (χ1v) is 8.49. The lowest BCUT2D eigenvalue weighted by Crippen LogP contribution is -2.29. The lowest BCUT2D eigenvalue weighted by atomic mass is 9.89. The number of halogens is 1. The van der Waals surface area contributed by atoms with Gasteiger partial charge in [0, 0.05) is 17.0 Å². The second-order valence-corrected chi connectivity index (χ2v) is 6.79. The summed E-state index contributed by atoms with van der Waals surface area (Å²) in [6.45, 7) is 1.83. The highest BCUT2D eigenvalue weighted by atomic mass is 32.2. The summed E-state index contributed by atoms with van der Waals surface area (Å²) in [7, 11) is 1.38. The van der Waals surface area contributed by atoms with Crippen LogP contribution < -0.4 is 15.8 Å². The van der Waals surface area contributed by atoms with Gasteiger partial charge in [-0.15, -0.1) is 0 Å². The Labute approximate surface area is 147 Å². The fourth-order valence-corrected chi connectivity index (χ4v) is 3.52. The van der Waals surface area contributed by atoms with Crippen LogP contribution in [0.5, 0.6) is 6.08 Å². The molecule has 0 fully saturated rings. The van der Waals surface area contributed by atoms with Crippen molar-refractivity contribution in [3.8, 4) is 6.08 Å². The molecule has 1 aromatic carbocycles. The van der Waals surface area contributed by atoms with E-state index in [2.05, 4.69) is 15.3 Å². The van der Waals surface area contributed by atoms with Gasteiger partial charge < -0.3 is 20.2 Å². The third kappa shape index (κ3) is 3.60. The predicted molar refractivity (Wildman–Crippen MR) is 93.5 cm³/mol. The Morgan fingerprint density at radius 1 is 1.52 bits per heavy atom. The lowest BCUT2D eigenvalue weighted by molar-refractivity contribution is 0.102. The van der Waals surface area contributed by atoms with Crippen LogP contribution in [0.3, 0.4) is 0 Å². The lowest BCUT2D eigenvalue weighted by Gasteiger charge is -2.30. The number of methoxy groups -OCH3 is 1. The van der Waals surface area contributed by atoms with E-state index in [0.717, 1.165) is 5.75 Å². The summed E-state index contributed by atoms with van der Waals surface area (Å²) in [5.41, 5.74) is 5.90. The molecule has 0 spiro atoms. The van der Waals surface area contributed by atoms with Crippen LogP contribution in [0, 0.1) is 5.82 Å². The van der Waals surface area contributed by atoms with E-state index in [0.29, 0.717) is 22.8 Å². The molecule has 7 nitrogen and oxygen atoms in total. The van der Waals surface area contributed by atoms with Crippen LogP contribution in [0.25, 0.3) is 0 Å². The van der Waals surface area contributed by atoms with Gasteiger partial charge in [-0.05, 0) is 31.5 Å². The molecule has 0 saturated heterocycles. The van der Waals surface area contributed by atoms with E-state index in [-0.39, 0.29) is 11.8 Å². The summed E-state index contributed by atoms with van der Waals surface area (Å²) in [6, 6.07) is 4.34. The molecule has 2 heterocycles. The summed E-state index contributed by atoms with van der Waals surface area (Å²) >= 11 is 1.44. The molecular formula is C16H17FN4O3S. The number of nitrogens with one attached hydrogen (secondary N) is 1. The van der Waals surface area contributed by atoms with Gasteiger partial charge in [0.15, 0.2) is 10.9 Å². The van der Waals surface area contributed by atoms with Gasteiger partial charge in [-0.2, -0.15) is 4.98 Å². The van der Waals surface area contributed by atoms with E-state index in [1.54, 1.807) is 6.07 Å². The second kappa shape index (κ2) is 6.75. The van der Waals surface area contributed by atoms with E-state index in [9.17, 15) is 9.18 Å². The number of carbonyl (C=O) groups is 1. The molecule has 0 aliphatic carbocycles. The first-order valence-electron chi connectivity index (χ1n) is 7.50. The molecule has 1 aliphatic heterocycles. The number of amidine groups is 1. The average molecular weight is 364 g/mol. The zero-order chi connectivity index (χ0) is 18.0. The van der Waals surface area contributed by atoms with Crippen molar-refractivity contribution in [2.24, 2.45) is 10.7 Å². The summed E-state index contributed by atoms with van der Waals surface area (Å²) in [4.78, 5) is 20.5. The average Bonchev–Trinajstić information content (AvgIpc) is 3.05. The molecule has 1 aliphatic rings. The van der Waals surface area contributed by atoms with E-state index in [1.165, 1.54) is 37.3 Å². The van der Waals surface area contributed by atoms with Crippen LogP contribution in [0.1, 0.15) is 29.4 Å². The van der Waals surface area contributed by atoms with Crippen LogP contribution >= 0.6 is 11.8 Å². The van der Waals surface area contributed by atoms with Crippen molar-refractivity contribution < 1.29 is 18.3 Å². The van der Waals surface area contributed by atoms with E-state index >= 15 is 0 Å². The number of aliphatic imine (C=N–C) groups is 1. The Hall–Kier alpha value is -2.55. The highest BCUT2D eigenvalue weighted by Gasteiger charge is 2.32. The largest absolute Gasteiger partial charge is 0.454 e. The minimum absolute atomic E-state index is 0.0121. The standard InChI is InChI=1S/C16H17FN4O3S/c1-16(5-6-25-14(18)21-16)10-7-9(3-4-11(10)17)19-13(22)12-8-24-15(20-12)23-2/h3-4,7-8H,5-6H2,1-2H3,(H2,18,21)(H,19,22)/t16-/m0/s1. The van der Waals surface area contributed by atoms with Crippen molar-refractivity contribution in [2.45, 2.75) is 18.9 Å². The fraction of sp³-hybridized carbons (Fsp3) is 0.312. The zero-order valence-electron chi connectivity index (χ0n) is 13.7. The number of nitrogens with zero attached hydrogens (tertiary/aromatic N) is 2. The van der Waals surface area contributed by atoms with E-state index in [1.807, 2.05) is 6.92 Å². The number of aromatic nitrogens is 1. The molecule has 0 saturated carbocycles. The molecule has 25 heavy (non-hydrogen) atoms. The predicted octanol–water partition coefficient (Wildman–Crippen LogP) is 2.74. The highest BCUT2D eigenvalue weighted by molar-refractivity contribution is 8.13. The van der Waals surface area contributed by atoms with E-state index < -0.39 is 17.3 Å². The summed E-state index contributed by atoms with van der Waals surface area (Å²) in [5, 5.41) is 3.09. The molecule has 0 unspecified atom stereocenters. The minimum Gasteiger partial charge on any atom is -0.454 e. The number of benzene rings is 1. The van der Waals surface area contributed by atoms with Gasteiger partial charge in [0.25, 0.3) is 5.91 Å². The van der Waals surface area contributed by atoms with Gasteiger partial charge in [0.05, 0.1) is 12.6 Å². The molecule has 3 N–H and O–H groups in total. The molecule has 1 atom stereocenters. The van der Waals surface area contributed by atoms with Gasteiger partial charge >= 0.3 is 6.08 Å². The molecule has 9 heteroatoms. The van der Waals surface area contributed by atoms with Crippen molar-refractivity contribution in [2.75, 3.05) is 18.2 Å². The number of amides is 1. The molecule has 0 radical (unpaired) electrons. The Kier molecular flexibility index (Phi) is 4.67. The number of nitrogens with two attached hydrogens (primary N) is 1. The van der Waals surface area contributed by atoms with Gasteiger partial charge in [-0.3, -0.25) is 9.79 Å². The quantitative estimate of drug-likeness (QED) is 0.865. The maximum absolute atomic E-state index is 14.4. The number of thioether (sulfide) groups is 1. The van der Waals surface area contributed by atoms with Gasteiger partial charge in [-0.1, -0.05) is 11.8 Å². The molecule has 3 rings (SSSR count). The number of hydrogen-bond acceptors (Lipinski definition) is 7. The van der Waals surface area contributed by atoms with Crippen molar-refractivity contribution >= 4 is 28.5 Å². The van der Waals surface area contributed by atoms with Crippen molar-refractivity contribution in [1.29, 1.82) is 0 Å². The maximum atomic E-state index is 14.4. The van der Waals surface area contributed by atoms with Gasteiger partial charge in [0.1, 0.15) is 12.1 Å². The van der Waals surface area contributed by atoms with Crippen molar-refractivity contribution in [3.63, 3.8) is 0 Å². The fourth-order valence-electron chi connectivity index (χ4n) is 2.55. The Morgan fingerprint density at radius 3 is 3.00 bits per heavy atom. The maximum Gasteiger partial charge on any atom is 0.393 e. The van der Waals surface area contributed by atoms with E-state index in [4.69, 9.17) is 14.9 Å². The monoisotopic (exact) mass is 364 g/mol. The number of rotatable bonds is 4. The zero-order valence-corrected chi connectivity index (χ0v) is 14.5. The van der Waals surface area contributed by atoms with Gasteiger partial charge in [0.2, 0.25) is 0 Å². The van der Waals surface area contributed by atoms with Crippen molar-refractivity contribution in [3.05, 3.63) is 41.5 Å². The first kappa shape index (κ1) is 17.3.